The molecule has 1 aliphatic rings. The van der Waals surface area contributed by atoms with Crippen molar-refractivity contribution < 1.29 is 9.53 Å². The highest BCUT2D eigenvalue weighted by Crippen LogP contribution is 2.30. The first-order valence-electron chi connectivity index (χ1n) is 6.73. The summed E-state index contributed by atoms with van der Waals surface area (Å²) in [6.45, 7) is 4.20. The van der Waals surface area contributed by atoms with Gasteiger partial charge < -0.3 is 19.9 Å². The Labute approximate surface area is 119 Å². The molecule has 0 radical (unpaired) electrons. The number of pyridine rings is 1. The van der Waals surface area contributed by atoms with Crippen molar-refractivity contribution in [2.45, 2.75) is 13.0 Å². The van der Waals surface area contributed by atoms with Gasteiger partial charge in [0.1, 0.15) is 6.04 Å². The van der Waals surface area contributed by atoms with E-state index in [0.29, 0.717) is 12.3 Å². The Hall–Kier alpha value is -1.82. The molecule has 0 aliphatic carbocycles. The van der Waals surface area contributed by atoms with E-state index in [-0.39, 0.29) is 11.9 Å². The fourth-order valence-corrected chi connectivity index (χ4v) is 2.43. The van der Waals surface area contributed by atoms with Crippen LogP contribution in [-0.4, -0.2) is 62.7 Å². The predicted molar refractivity (Wildman–Crippen MR) is 78.2 cm³/mol. The van der Waals surface area contributed by atoms with Gasteiger partial charge in [0, 0.05) is 39.4 Å². The summed E-state index contributed by atoms with van der Waals surface area (Å²) < 4.78 is 5.39. The van der Waals surface area contributed by atoms with Crippen LogP contribution < -0.4 is 15.0 Å². The number of nitrogens with zero attached hydrogens (tertiary/aromatic N) is 3. The van der Waals surface area contributed by atoms with E-state index in [2.05, 4.69) is 15.2 Å². The van der Waals surface area contributed by atoms with Gasteiger partial charge in [0.15, 0.2) is 5.75 Å². The third kappa shape index (κ3) is 2.85. The smallest absolute Gasteiger partial charge is 0.246 e. The summed E-state index contributed by atoms with van der Waals surface area (Å²) in [7, 11) is 5.19. The molecule has 6 nitrogen and oxygen atoms in total. The van der Waals surface area contributed by atoms with Crippen molar-refractivity contribution in [2.24, 2.45) is 0 Å². The SMILES string of the molecule is COc1cnc(C)cc1N1CCNCC1C(=O)N(C)C. The Morgan fingerprint density at radius 3 is 2.95 bits per heavy atom. The van der Waals surface area contributed by atoms with Crippen LogP contribution in [0.15, 0.2) is 12.3 Å². The predicted octanol–water partition coefficient (Wildman–Crippen LogP) is 0.265. The zero-order valence-electron chi connectivity index (χ0n) is 12.5. The van der Waals surface area contributed by atoms with E-state index in [1.807, 2.05) is 13.0 Å². The number of carbonyl (C=O) groups is 1. The molecule has 1 fully saturated rings. The number of aromatic nitrogens is 1. The van der Waals surface area contributed by atoms with Crippen molar-refractivity contribution in [3.05, 3.63) is 18.0 Å². The molecule has 0 aromatic carbocycles. The topological polar surface area (TPSA) is 57.7 Å². The molecule has 110 valence electrons. The van der Waals surface area contributed by atoms with Crippen molar-refractivity contribution in [1.29, 1.82) is 0 Å². The Balaban J connectivity index is 2.37. The second-order valence-electron chi connectivity index (χ2n) is 5.14. The first kappa shape index (κ1) is 14.6. The molecule has 1 aliphatic heterocycles. The average Bonchev–Trinajstić information content (AvgIpc) is 2.46. The van der Waals surface area contributed by atoms with Gasteiger partial charge in [-0.1, -0.05) is 0 Å². The van der Waals surface area contributed by atoms with Crippen molar-refractivity contribution in [2.75, 3.05) is 45.7 Å². The maximum Gasteiger partial charge on any atom is 0.246 e. The van der Waals surface area contributed by atoms with E-state index in [1.165, 1.54) is 0 Å². The van der Waals surface area contributed by atoms with E-state index in [1.54, 1.807) is 32.3 Å². The van der Waals surface area contributed by atoms with Gasteiger partial charge in [-0.25, -0.2) is 0 Å². The molecule has 20 heavy (non-hydrogen) atoms. The van der Waals surface area contributed by atoms with Crippen molar-refractivity contribution in [3.63, 3.8) is 0 Å². The highest BCUT2D eigenvalue weighted by atomic mass is 16.5. The van der Waals surface area contributed by atoms with Gasteiger partial charge in [-0.3, -0.25) is 9.78 Å². The van der Waals surface area contributed by atoms with Crippen molar-refractivity contribution in [3.8, 4) is 5.75 Å². The molecule has 0 bridgehead atoms. The Bertz CT molecular complexity index is 490. The molecule has 1 N–H and O–H groups in total. The summed E-state index contributed by atoms with van der Waals surface area (Å²) in [5, 5.41) is 3.28. The van der Waals surface area contributed by atoms with Crippen LogP contribution in [0.2, 0.25) is 0 Å². The summed E-state index contributed by atoms with van der Waals surface area (Å²) >= 11 is 0. The van der Waals surface area contributed by atoms with Crippen LogP contribution in [0.25, 0.3) is 0 Å². The van der Waals surface area contributed by atoms with E-state index in [9.17, 15) is 4.79 Å². The summed E-state index contributed by atoms with van der Waals surface area (Å²) in [4.78, 5) is 20.3. The van der Waals surface area contributed by atoms with Gasteiger partial charge in [0.05, 0.1) is 19.0 Å². The lowest BCUT2D eigenvalue weighted by Crippen LogP contribution is -2.58. The van der Waals surface area contributed by atoms with Crippen LogP contribution in [0, 0.1) is 6.92 Å². The normalized spacial score (nSPS) is 18.8. The van der Waals surface area contributed by atoms with Crippen LogP contribution in [-0.2, 0) is 4.79 Å². The van der Waals surface area contributed by atoms with Crippen molar-refractivity contribution >= 4 is 11.6 Å². The zero-order valence-corrected chi connectivity index (χ0v) is 12.5. The third-order valence-electron chi connectivity index (χ3n) is 3.48. The lowest BCUT2D eigenvalue weighted by Gasteiger charge is -2.38. The molecule has 2 heterocycles. The average molecular weight is 278 g/mol. The lowest BCUT2D eigenvalue weighted by molar-refractivity contribution is -0.130. The molecule has 1 atom stereocenters. The van der Waals surface area contributed by atoms with E-state index in [4.69, 9.17) is 4.74 Å². The van der Waals surface area contributed by atoms with Gasteiger partial charge in [-0.05, 0) is 13.0 Å². The number of hydrogen-bond donors (Lipinski definition) is 1. The molecular weight excluding hydrogens is 256 g/mol. The summed E-state index contributed by atoms with van der Waals surface area (Å²) in [5.41, 5.74) is 1.84. The summed E-state index contributed by atoms with van der Waals surface area (Å²) in [6, 6.07) is 1.76. The Morgan fingerprint density at radius 2 is 2.30 bits per heavy atom. The standard InChI is InChI=1S/C14H22N4O2/c1-10-7-11(13(20-4)9-16-10)18-6-5-15-8-12(18)14(19)17(2)3/h7,9,12,15H,5-6,8H2,1-4H3. The number of aryl methyl sites for hydroxylation is 1. The van der Waals surface area contributed by atoms with Crippen molar-refractivity contribution in [1.82, 2.24) is 15.2 Å². The Kier molecular flexibility index (Phi) is 4.44. The van der Waals surface area contributed by atoms with E-state index in [0.717, 1.165) is 24.5 Å². The minimum absolute atomic E-state index is 0.0914. The molecule has 0 saturated carbocycles. The number of carbonyl (C=O) groups excluding carboxylic acids is 1. The number of methoxy groups -OCH3 is 1. The highest BCUT2D eigenvalue weighted by Gasteiger charge is 2.31. The van der Waals surface area contributed by atoms with Gasteiger partial charge >= 0.3 is 0 Å². The number of hydrogen-bond acceptors (Lipinski definition) is 5. The van der Waals surface area contributed by atoms with E-state index < -0.39 is 0 Å². The number of piperazine rings is 1. The summed E-state index contributed by atoms with van der Waals surface area (Å²) in [5.74, 6) is 0.794. The molecule has 1 saturated heterocycles. The van der Waals surface area contributed by atoms with Gasteiger partial charge in [-0.15, -0.1) is 0 Å². The Morgan fingerprint density at radius 1 is 1.55 bits per heavy atom. The molecule has 6 heteroatoms. The molecular formula is C14H22N4O2. The highest BCUT2D eigenvalue weighted by molar-refractivity contribution is 5.86. The molecule has 0 spiro atoms. The van der Waals surface area contributed by atoms with Gasteiger partial charge in [-0.2, -0.15) is 0 Å². The van der Waals surface area contributed by atoms with Crippen LogP contribution in [0.4, 0.5) is 5.69 Å². The van der Waals surface area contributed by atoms with Crippen LogP contribution in [0.1, 0.15) is 5.69 Å². The van der Waals surface area contributed by atoms with Crippen LogP contribution in [0.5, 0.6) is 5.75 Å². The zero-order chi connectivity index (χ0) is 14.7. The number of nitrogens with one attached hydrogen (secondary N) is 1. The molecule has 1 aromatic rings. The minimum Gasteiger partial charge on any atom is -0.493 e. The quantitative estimate of drug-likeness (QED) is 0.860. The minimum atomic E-state index is -0.213. The fourth-order valence-electron chi connectivity index (χ4n) is 2.43. The molecule has 1 aromatic heterocycles. The maximum absolute atomic E-state index is 12.4. The van der Waals surface area contributed by atoms with E-state index >= 15 is 0 Å². The van der Waals surface area contributed by atoms with Crippen LogP contribution >= 0.6 is 0 Å². The lowest BCUT2D eigenvalue weighted by atomic mass is 10.1. The second kappa shape index (κ2) is 6.09. The number of rotatable bonds is 3. The van der Waals surface area contributed by atoms with Gasteiger partial charge in [0.2, 0.25) is 5.91 Å². The first-order chi connectivity index (χ1) is 9.54. The number of anilines is 1. The number of amides is 1. The van der Waals surface area contributed by atoms with Gasteiger partial charge in [0.25, 0.3) is 0 Å². The second-order valence-corrected chi connectivity index (χ2v) is 5.14. The molecule has 2 rings (SSSR count). The fraction of sp³-hybridized carbons (Fsp3) is 0.571. The maximum atomic E-state index is 12.4. The third-order valence-corrected chi connectivity index (χ3v) is 3.48. The number of ether oxygens (including phenoxy) is 1. The largest absolute Gasteiger partial charge is 0.493 e. The summed E-state index contributed by atoms with van der Waals surface area (Å²) in [6.07, 6.45) is 1.71. The first-order valence-corrected chi connectivity index (χ1v) is 6.73. The molecule has 1 unspecified atom stereocenters. The van der Waals surface area contributed by atoms with Crippen LogP contribution in [0.3, 0.4) is 0 Å². The number of likely N-dealkylation sites (N-methyl/N-ethyl adjacent to an activating group) is 1. The monoisotopic (exact) mass is 278 g/mol. The molecule has 1 amide bonds.